The minimum Gasteiger partial charge on any atom is -0.342 e. The molecule has 94 valence electrons. The highest BCUT2D eigenvalue weighted by atomic mass is 15.4. The summed E-state index contributed by atoms with van der Waals surface area (Å²) in [4.78, 5) is 6.74. The molecule has 0 radical (unpaired) electrons. The number of nitrogens with zero attached hydrogens (tertiary/aromatic N) is 2. The molecule has 0 aromatic heterocycles. The van der Waals surface area contributed by atoms with Crippen molar-refractivity contribution in [1.29, 1.82) is 0 Å². The van der Waals surface area contributed by atoms with Gasteiger partial charge in [0.1, 0.15) is 0 Å². The summed E-state index contributed by atoms with van der Waals surface area (Å²) in [6.45, 7) is 7.44. The smallest absolute Gasteiger partial charge is 0.208 e. The molecule has 0 saturated carbocycles. The van der Waals surface area contributed by atoms with Crippen molar-refractivity contribution in [3.8, 4) is 0 Å². The predicted molar refractivity (Wildman–Crippen MR) is 69.1 cm³/mol. The van der Waals surface area contributed by atoms with Gasteiger partial charge in [0.25, 0.3) is 0 Å². The van der Waals surface area contributed by atoms with Gasteiger partial charge in [-0.1, -0.05) is 26.7 Å². The summed E-state index contributed by atoms with van der Waals surface area (Å²) >= 11 is 0. The minimum atomic E-state index is 0.856. The molecule has 0 spiro atoms. The van der Waals surface area contributed by atoms with E-state index in [9.17, 15) is 0 Å². The average molecular weight is 226 g/mol. The van der Waals surface area contributed by atoms with Crippen LogP contribution in [0.25, 0.3) is 0 Å². The van der Waals surface area contributed by atoms with Crippen molar-refractivity contribution >= 4 is 5.96 Å². The van der Waals surface area contributed by atoms with Crippen LogP contribution in [0.2, 0.25) is 0 Å². The van der Waals surface area contributed by atoms with Crippen LogP contribution in [-0.2, 0) is 0 Å². The van der Waals surface area contributed by atoms with Gasteiger partial charge in [-0.2, -0.15) is 0 Å². The maximum atomic E-state index is 5.52. The second-order valence-electron chi connectivity index (χ2n) is 4.57. The molecular weight excluding hydrogens is 200 g/mol. The van der Waals surface area contributed by atoms with Gasteiger partial charge in [0.15, 0.2) is 0 Å². The molecule has 1 rings (SSSR count). The van der Waals surface area contributed by atoms with Crippen LogP contribution < -0.4 is 11.3 Å². The van der Waals surface area contributed by atoms with E-state index >= 15 is 0 Å². The van der Waals surface area contributed by atoms with Gasteiger partial charge in [-0.25, -0.2) is 5.84 Å². The molecule has 1 saturated heterocycles. The maximum Gasteiger partial charge on any atom is 0.208 e. The Bertz CT molecular complexity index is 207. The number of hydrazine groups is 1. The lowest BCUT2D eigenvalue weighted by Crippen LogP contribution is -2.48. The van der Waals surface area contributed by atoms with Crippen LogP contribution >= 0.6 is 0 Å². The van der Waals surface area contributed by atoms with Gasteiger partial charge in [0.2, 0.25) is 5.96 Å². The number of guanidine groups is 1. The fourth-order valence-electron chi connectivity index (χ4n) is 2.30. The zero-order valence-electron chi connectivity index (χ0n) is 10.7. The van der Waals surface area contributed by atoms with Crippen LogP contribution in [0, 0.1) is 5.92 Å². The Balaban J connectivity index is 2.38. The SMILES string of the molecule is CCCN=C(NN)N1CCC(CCC)CC1. The third-order valence-corrected chi connectivity index (χ3v) is 3.23. The number of hydrogen-bond donors (Lipinski definition) is 2. The minimum absolute atomic E-state index is 0.856. The number of likely N-dealkylation sites (tertiary alicyclic amines) is 1. The molecule has 1 fully saturated rings. The van der Waals surface area contributed by atoms with Crippen molar-refractivity contribution in [2.45, 2.75) is 46.0 Å². The zero-order chi connectivity index (χ0) is 11.8. The maximum absolute atomic E-state index is 5.52. The lowest BCUT2D eigenvalue weighted by molar-refractivity contribution is 0.249. The van der Waals surface area contributed by atoms with E-state index in [1.165, 1.54) is 25.7 Å². The molecule has 0 aromatic rings. The molecule has 16 heavy (non-hydrogen) atoms. The molecule has 1 aliphatic rings. The Kier molecular flexibility index (Phi) is 6.23. The molecule has 0 aliphatic carbocycles. The van der Waals surface area contributed by atoms with Crippen LogP contribution in [0.3, 0.4) is 0 Å². The van der Waals surface area contributed by atoms with E-state index in [0.29, 0.717) is 0 Å². The Morgan fingerprint density at radius 2 is 2.00 bits per heavy atom. The summed E-state index contributed by atoms with van der Waals surface area (Å²) in [5.74, 6) is 7.30. The molecule has 0 unspecified atom stereocenters. The largest absolute Gasteiger partial charge is 0.342 e. The van der Waals surface area contributed by atoms with Crippen molar-refractivity contribution in [1.82, 2.24) is 10.3 Å². The number of rotatable bonds is 4. The second-order valence-corrected chi connectivity index (χ2v) is 4.57. The quantitative estimate of drug-likeness (QED) is 0.332. The van der Waals surface area contributed by atoms with Crippen molar-refractivity contribution in [3.05, 3.63) is 0 Å². The second kappa shape index (κ2) is 7.49. The normalized spacial score (nSPS) is 18.9. The molecule has 0 aromatic carbocycles. The fourth-order valence-corrected chi connectivity index (χ4v) is 2.30. The molecule has 4 heteroatoms. The first kappa shape index (κ1) is 13.3. The summed E-state index contributed by atoms with van der Waals surface area (Å²) in [5.41, 5.74) is 2.73. The van der Waals surface area contributed by atoms with Crippen LogP contribution in [0.4, 0.5) is 0 Å². The highest BCUT2D eigenvalue weighted by Crippen LogP contribution is 2.21. The standard InChI is InChI=1S/C12H26N4/c1-3-5-11-6-9-16(10-7-11)12(15-13)14-8-4-2/h11H,3-10,13H2,1-2H3,(H,14,15). The highest BCUT2D eigenvalue weighted by molar-refractivity contribution is 5.79. The number of nitrogens with two attached hydrogens (primary N) is 1. The Morgan fingerprint density at radius 1 is 1.31 bits per heavy atom. The van der Waals surface area contributed by atoms with E-state index in [4.69, 9.17) is 5.84 Å². The van der Waals surface area contributed by atoms with E-state index in [1.807, 2.05) is 0 Å². The number of nitrogens with one attached hydrogen (secondary N) is 1. The predicted octanol–water partition coefficient (Wildman–Crippen LogP) is 1.73. The summed E-state index contributed by atoms with van der Waals surface area (Å²) in [6.07, 6.45) is 6.29. The summed E-state index contributed by atoms with van der Waals surface area (Å²) in [5, 5.41) is 0. The Morgan fingerprint density at radius 3 is 2.50 bits per heavy atom. The molecule has 4 nitrogen and oxygen atoms in total. The van der Waals surface area contributed by atoms with E-state index in [0.717, 1.165) is 37.9 Å². The van der Waals surface area contributed by atoms with E-state index < -0.39 is 0 Å². The Labute approximate surface area is 99.3 Å². The highest BCUT2D eigenvalue weighted by Gasteiger charge is 2.20. The van der Waals surface area contributed by atoms with Crippen LogP contribution in [0.5, 0.6) is 0 Å². The molecule has 3 N–H and O–H groups in total. The molecule has 0 atom stereocenters. The first-order chi connectivity index (χ1) is 7.81. The summed E-state index contributed by atoms with van der Waals surface area (Å²) in [7, 11) is 0. The van der Waals surface area contributed by atoms with Gasteiger partial charge in [-0.15, -0.1) is 0 Å². The van der Waals surface area contributed by atoms with Crippen LogP contribution in [-0.4, -0.2) is 30.5 Å². The zero-order valence-corrected chi connectivity index (χ0v) is 10.7. The summed E-state index contributed by atoms with van der Waals surface area (Å²) in [6, 6.07) is 0. The monoisotopic (exact) mass is 226 g/mol. The third kappa shape index (κ3) is 4.00. The van der Waals surface area contributed by atoms with Gasteiger partial charge in [0.05, 0.1) is 0 Å². The van der Waals surface area contributed by atoms with Crippen molar-refractivity contribution in [2.75, 3.05) is 19.6 Å². The van der Waals surface area contributed by atoms with Crippen LogP contribution in [0.1, 0.15) is 46.0 Å². The van der Waals surface area contributed by atoms with Gasteiger partial charge in [-0.05, 0) is 25.2 Å². The number of aliphatic imine (C=N–C) groups is 1. The average Bonchev–Trinajstić information content (AvgIpc) is 2.32. The van der Waals surface area contributed by atoms with Gasteiger partial charge < -0.3 is 4.90 Å². The summed E-state index contributed by atoms with van der Waals surface area (Å²) < 4.78 is 0. The van der Waals surface area contributed by atoms with E-state index in [-0.39, 0.29) is 0 Å². The number of piperidine rings is 1. The van der Waals surface area contributed by atoms with Gasteiger partial charge in [0, 0.05) is 19.6 Å². The first-order valence-corrected chi connectivity index (χ1v) is 6.57. The van der Waals surface area contributed by atoms with E-state index in [1.54, 1.807) is 0 Å². The lowest BCUT2D eigenvalue weighted by Gasteiger charge is -2.33. The Hall–Kier alpha value is -0.770. The molecule has 0 bridgehead atoms. The molecule has 1 aliphatic heterocycles. The van der Waals surface area contributed by atoms with Gasteiger partial charge in [-0.3, -0.25) is 10.4 Å². The molecule has 0 amide bonds. The topological polar surface area (TPSA) is 53.6 Å². The van der Waals surface area contributed by atoms with Gasteiger partial charge >= 0.3 is 0 Å². The fraction of sp³-hybridized carbons (Fsp3) is 0.917. The van der Waals surface area contributed by atoms with Crippen molar-refractivity contribution < 1.29 is 0 Å². The first-order valence-electron chi connectivity index (χ1n) is 6.57. The number of hydrogen-bond acceptors (Lipinski definition) is 2. The van der Waals surface area contributed by atoms with Crippen LogP contribution in [0.15, 0.2) is 4.99 Å². The van der Waals surface area contributed by atoms with Crippen molar-refractivity contribution in [2.24, 2.45) is 16.8 Å². The lowest BCUT2D eigenvalue weighted by atomic mass is 9.93. The molecular formula is C12H26N4. The third-order valence-electron chi connectivity index (χ3n) is 3.23. The van der Waals surface area contributed by atoms with E-state index in [2.05, 4.69) is 29.2 Å². The molecule has 1 heterocycles. The van der Waals surface area contributed by atoms with Crippen molar-refractivity contribution in [3.63, 3.8) is 0 Å².